The molecule has 1 heterocycles. The molecule has 1 radical (unpaired) electrons. The van der Waals surface area contributed by atoms with E-state index >= 15 is 0 Å². The number of rotatable bonds is 2. The molecule has 1 saturated heterocycles. The second-order valence-electron chi connectivity index (χ2n) is 3.89. The average molecular weight is 216 g/mol. The molecule has 1 amide bonds. The maximum absolute atomic E-state index is 11.2. The number of amides is 1. The molecule has 1 aromatic rings. The Morgan fingerprint density at radius 1 is 1.38 bits per heavy atom. The van der Waals surface area contributed by atoms with Crippen molar-refractivity contribution >= 4 is 11.7 Å². The van der Waals surface area contributed by atoms with Crippen molar-refractivity contribution < 1.29 is 4.79 Å². The molecule has 4 heteroatoms. The second-order valence-corrected chi connectivity index (χ2v) is 3.89. The van der Waals surface area contributed by atoms with Gasteiger partial charge in [-0.25, -0.2) is 0 Å². The molecule has 1 unspecified atom stereocenters. The Hall–Kier alpha value is -1.84. The van der Waals surface area contributed by atoms with E-state index in [1.807, 2.05) is 24.3 Å². The van der Waals surface area contributed by atoms with Gasteiger partial charge in [-0.05, 0) is 17.9 Å². The van der Waals surface area contributed by atoms with E-state index in [9.17, 15) is 4.79 Å². The maximum Gasteiger partial charge on any atom is 0.224 e. The number of carbonyl (C=O) groups excluding carboxylic acids is 1. The van der Waals surface area contributed by atoms with Crippen molar-refractivity contribution in [2.24, 2.45) is 5.73 Å². The summed E-state index contributed by atoms with van der Waals surface area (Å²) in [4.78, 5) is 11.2. The maximum atomic E-state index is 11.2. The van der Waals surface area contributed by atoms with Crippen LogP contribution in [0.25, 0.3) is 0 Å². The van der Waals surface area contributed by atoms with Crippen molar-refractivity contribution in [2.75, 3.05) is 6.54 Å². The first kappa shape index (κ1) is 10.7. The van der Waals surface area contributed by atoms with Gasteiger partial charge in [0, 0.05) is 12.1 Å². The molecule has 16 heavy (non-hydrogen) atoms. The highest BCUT2D eigenvalue weighted by atomic mass is 16.1. The van der Waals surface area contributed by atoms with Crippen LogP contribution in [0, 0.1) is 11.8 Å². The van der Waals surface area contributed by atoms with Gasteiger partial charge in [0.05, 0.1) is 6.42 Å². The summed E-state index contributed by atoms with van der Waals surface area (Å²) in [6.45, 7) is 0.717. The molecule has 83 valence electrons. The SMILES string of the molecule is N=C(N)c1ccc(C2[CH]C(=O)NCC2)cc1. The first-order valence-corrected chi connectivity index (χ1v) is 5.24. The predicted octanol–water partition coefficient (Wildman–Crippen LogP) is 0.778. The zero-order valence-corrected chi connectivity index (χ0v) is 8.86. The Kier molecular flexibility index (Phi) is 2.90. The number of hydrogen-bond acceptors (Lipinski definition) is 2. The number of piperidine rings is 1. The van der Waals surface area contributed by atoms with Crippen molar-refractivity contribution in [3.63, 3.8) is 0 Å². The van der Waals surface area contributed by atoms with Crippen LogP contribution in [0.15, 0.2) is 24.3 Å². The van der Waals surface area contributed by atoms with Crippen molar-refractivity contribution in [2.45, 2.75) is 12.3 Å². The fraction of sp³-hybridized carbons (Fsp3) is 0.250. The highest BCUT2D eigenvalue weighted by Gasteiger charge is 2.20. The van der Waals surface area contributed by atoms with E-state index in [0.717, 1.165) is 12.0 Å². The molecular weight excluding hydrogens is 202 g/mol. The molecule has 2 rings (SSSR count). The zero-order valence-electron chi connectivity index (χ0n) is 8.86. The molecule has 1 fully saturated rings. The van der Waals surface area contributed by atoms with Gasteiger partial charge < -0.3 is 11.1 Å². The zero-order chi connectivity index (χ0) is 11.5. The molecular formula is C12H14N3O. The van der Waals surface area contributed by atoms with E-state index in [1.54, 1.807) is 6.42 Å². The number of nitrogen functional groups attached to an aromatic ring is 1. The van der Waals surface area contributed by atoms with E-state index in [1.165, 1.54) is 0 Å². The smallest absolute Gasteiger partial charge is 0.224 e. The average Bonchev–Trinajstić information content (AvgIpc) is 2.29. The van der Waals surface area contributed by atoms with E-state index in [-0.39, 0.29) is 17.7 Å². The summed E-state index contributed by atoms with van der Waals surface area (Å²) < 4.78 is 0. The number of benzene rings is 1. The fourth-order valence-corrected chi connectivity index (χ4v) is 1.85. The Balaban J connectivity index is 2.14. The third-order valence-electron chi connectivity index (χ3n) is 2.76. The highest BCUT2D eigenvalue weighted by molar-refractivity contribution is 5.95. The normalized spacial score (nSPS) is 20.2. The topological polar surface area (TPSA) is 79.0 Å². The first-order valence-electron chi connectivity index (χ1n) is 5.24. The molecule has 0 aromatic heterocycles. The Bertz CT molecular complexity index is 411. The van der Waals surface area contributed by atoms with Crippen LogP contribution >= 0.6 is 0 Å². The van der Waals surface area contributed by atoms with Gasteiger partial charge in [0.2, 0.25) is 5.91 Å². The molecule has 4 N–H and O–H groups in total. The van der Waals surface area contributed by atoms with Gasteiger partial charge in [-0.15, -0.1) is 0 Å². The summed E-state index contributed by atoms with van der Waals surface area (Å²) >= 11 is 0. The quantitative estimate of drug-likeness (QED) is 0.504. The molecule has 1 aliphatic rings. The highest BCUT2D eigenvalue weighted by Crippen LogP contribution is 2.24. The second kappa shape index (κ2) is 4.35. The number of nitrogens with two attached hydrogens (primary N) is 1. The summed E-state index contributed by atoms with van der Waals surface area (Å²) in [7, 11) is 0. The minimum absolute atomic E-state index is 0.00751. The van der Waals surface area contributed by atoms with Crippen molar-refractivity contribution in [3.05, 3.63) is 41.8 Å². The molecule has 0 bridgehead atoms. The summed E-state index contributed by atoms with van der Waals surface area (Å²) in [6, 6.07) is 7.49. The number of nitrogens with one attached hydrogen (secondary N) is 2. The predicted molar refractivity (Wildman–Crippen MR) is 62.1 cm³/mol. The van der Waals surface area contributed by atoms with E-state index in [4.69, 9.17) is 11.1 Å². The Morgan fingerprint density at radius 3 is 2.62 bits per heavy atom. The molecule has 0 spiro atoms. The van der Waals surface area contributed by atoms with Crippen LogP contribution in [0.3, 0.4) is 0 Å². The summed E-state index contributed by atoms with van der Waals surface area (Å²) in [5.41, 5.74) is 7.18. The van der Waals surface area contributed by atoms with Gasteiger partial charge in [0.15, 0.2) is 0 Å². The largest absolute Gasteiger partial charge is 0.384 e. The standard InChI is InChI=1S/C12H14N3O/c13-12(14)9-3-1-8(2-4-9)10-5-6-15-11(16)7-10/h1-4,7,10H,5-6H2,(H3,13,14)(H,15,16). The van der Waals surface area contributed by atoms with Crippen molar-refractivity contribution in [3.8, 4) is 0 Å². The molecule has 4 nitrogen and oxygen atoms in total. The molecule has 0 aliphatic carbocycles. The molecule has 1 aliphatic heterocycles. The Morgan fingerprint density at radius 2 is 2.06 bits per heavy atom. The van der Waals surface area contributed by atoms with Crippen LogP contribution in [0.5, 0.6) is 0 Å². The van der Waals surface area contributed by atoms with E-state index in [2.05, 4.69) is 5.32 Å². The minimum Gasteiger partial charge on any atom is -0.384 e. The minimum atomic E-state index is -0.00751. The van der Waals surface area contributed by atoms with Crippen LogP contribution < -0.4 is 11.1 Å². The first-order chi connectivity index (χ1) is 7.66. The van der Waals surface area contributed by atoms with Crippen molar-refractivity contribution in [1.82, 2.24) is 5.32 Å². The van der Waals surface area contributed by atoms with Gasteiger partial charge in [-0.2, -0.15) is 0 Å². The van der Waals surface area contributed by atoms with Crippen LogP contribution in [0.1, 0.15) is 23.5 Å². The molecule has 0 saturated carbocycles. The third kappa shape index (κ3) is 2.21. The molecule has 1 aromatic carbocycles. The third-order valence-corrected chi connectivity index (χ3v) is 2.76. The number of amidine groups is 1. The van der Waals surface area contributed by atoms with Crippen molar-refractivity contribution in [1.29, 1.82) is 5.41 Å². The van der Waals surface area contributed by atoms with Gasteiger partial charge in [0.25, 0.3) is 0 Å². The van der Waals surface area contributed by atoms with Gasteiger partial charge in [-0.1, -0.05) is 24.3 Å². The van der Waals surface area contributed by atoms with E-state index < -0.39 is 0 Å². The van der Waals surface area contributed by atoms with Gasteiger partial charge in [0.1, 0.15) is 5.84 Å². The van der Waals surface area contributed by atoms with Crippen LogP contribution in [0.4, 0.5) is 0 Å². The number of hydrogen-bond donors (Lipinski definition) is 3. The van der Waals surface area contributed by atoms with Gasteiger partial charge in [-0.3, -0.25) is 10.2 Å². The fourth-order valence-electron chi connectivity index (χ4n) is 1.85. The lowest BCUT2D eigenvalue weighted by molar-refractivity contribution is -0.118. The summed E-state index contributed by atoms with van der Waals surface area (Å²) in [6.07, 6.45) is 2.62. The summed E-state index contributed by atoms with van der Waals surface area (Å²) in [5.74, 6) is 0.235. The molecule has 1 atom stereocenters. The van der Waals surface area contributed by atoms with Crippen LogP contribution in [-0.2, 0) is 4.79 Å². The van der Waals surface area contributed by atoms with E-state index in [0.29, 0.717) is 12.1 Å². The Labute approximate surface area is 94.4 Å². The number of carbonyl (C=O) groups is 1. The lowest BCUT2D eigenvalue weighted by atomic mass is 9.89. The lowest BCUT2D eigenvalue weighted by Crippen LogP contribution is -2.33. The van der Waals surface area contributed by atoms with Gasteiger partial charge >= 0.3 is 0 Å². The van der Waals surface area contributed by atoms with Crippen LogP contribution in [-0.4, -0.2) is 18.3 Å². The van der Waals surface area contributed by atoms with Crippen LogP contribution in [0.2, 0.25) is 0 Å². The monoisotopic (exact) mass is 216 g/mol. The lowest BCUT2D eigenvalue weighted by Gasteiger charge is -2.22. The summed E-state index contributed by atoms with van der Waals surface area (Å²) in [5, 5.41) is 10.1.